The van der Waals surface area contributed by atoms with E-state index in [1.165, 1.54) is 6.08 Å². The van der Waals surface area contributed by atoms with Crippen molar-refractivity contribution >= 4 is 11.0 Å². The molecule has 0 fully saturated rings. The number of para-hydroxylation sites is 2. The summed E-state index contributed by atoms with van der Waals surface area (Å²) < 4.78 is 3.02. The second-order valence-electron chi connectivity index (χ2n) is 6.08. The predicted molar refractivity (Wildman–Crippen MR) is 99.0 cm³/mol. The maximum atomic E-state index is 12.7. The minimum Gasteiger partial charge on any atom is -0.322 e. The minimum absolute atomic E-state index is 0.131. The molecule has 3 rings (SSSR count). The topological polar surface area (TPSA) is 69.8 Å². The average molecular weight is 338 g/mol. The van der Waals surface area contributed by atoms with Crippen LogP contribution in [0, 0.1) is 0 Å². The van der Waals surface area contributed by atoms with Crippen molar-refractivity contribution in [3.63, 3.8) is 0 Å². The first kappa shape index (κ1) is 17.1. The van der Waals surface area contributed by atoms with Gasteiger partial charge in [0.15, 0.2) is 11.5 Å². The summed E-state index contributed by atoms with van der Waals surface area (Å²) >= 11 is 0. The Kier molecular flexibility index (Phi) is 5.07. The SMILES string of the molecule is C=CCn1c(=O)nc2n(CCCCCC)c3ccccc3nc-2c1=O. The van der Waals surface area contributed by atoms with Crippen LogP contribution in [0.3, 0.4) is 0 Å². The number of aromatic nitrogens is 4. The highest BCUT2D eigenvalue weighted by Gasteiger charge is 2.20. The van der Waals surface area contributed by atoms with Gasteiger partial charge in [0.25, 0.3) is 5.56 Å². The largest absolute Gasteiger partial charge is 0.352 e. The van der Waals surface area contributed by atoms with Crippen molar-refractivity contribution < 1.29 is 0 Å². The van der Waals surface area contributed by atoms with Gasteiger partial charge < -0.3 is 4.57 Å². The van der Waals surface area contributed by atoms with Gasteiger partial charge in [0, 0.05) is 13.1 Å². The second-order valence-corrected chi connectivity index (χ2v) is 6.08. The van der Waals surface area contributed by atoms with Crippen molar-refractivity contribution in [1.29, 1.82) is 0 Å². The van der Waals surface area contributed by atoms with E-state index >= 15 is 0 Å². The number of fused-ring (bicyclic) bond motifs is 2. The number of rotatable bonds is 7. The molecule has 0 saturated heterocycles. The van der Waals surface area contributed by atoms with Crippen LogP contribution in [0.1, 0.15) is 32.6 Å². The first-order chi connectivity index (χ1) is 12.2. The van der Waals surface area contributed by atoms with Crippen LogP contribution in [0.2, 0.25) is 0 Å². The zero-order valence-electron chi connectivity index (χ0n) is 14.4. The zero-order chi connectivity index (χ0) is 17.8. The predicted octanol–water partition coefficient (Wildman–Crippen LogP) is 2.82. The Hall–Kier alpha value is -2.76. The molecule has 1 aromatic carbocycles. The highest BCUT2D eigenvalue weighted by molar-refractivity contribution is 5.79. The summed E-state index contributed by atoms with van der Waals surface area (Å²) in [4.78, 5) is 33.6. The summed E-state index contributed by atoms with van der Waals surface area (Å²) in [6.07, 6.45) is 5.88. The molecular formula is C19H22N4O2. The van der Waals surface area contributed by atoms with E-state index in [4.69, 9.17) is 0 Å². The summed E-state index contributed by atoms with van der Waals surface area (Å²) in [5.41, 5.74) is 0.878. The molecule has 0 aromatic heterocycles. The molecular weight excluding hydrogens is 316 g/mol. The van der Waals surface area contributed by atoms with Crippen molar-refractivity contribution in [2.75, 3.05) is 0 Å². The number of aryl methyl sites for hydroxylation is 1. The quantitative estimate of drug-likeness (QED) is 0.377. The molecule has 6 nitrogen and oxygen atoms in total. The third kappa shape index (κ3) is 3.24. The van der Waals surface area contributed by atoms with Gasteiger partial charge in [-0.15, -0.1) is 6.58 Å². The van der Waals surface area contributed by atoms with Crippen molar-refractivity contribution in [2.45, 2.75) is 45.7 Å². The number of hydrogen-bond donors (Lipinski definition) is 0. The van der Waals surface area contributed by atoms with E-state index in [-0.39, 0.29) is 12.2 Å². The normalized spacial score (nSPS) is 11.2. The van der Waals surface area contributed by atoms with E-state index in [1.54, 1.807) is 0 Å². The lowest BCUT2D eigenvalue weighted by atomic mass is 10.2. The summed E-state index contributed by atoms with van der Waals surface area (Å²) in [5, 5.41) is 0. The van der Waals surface area contributed by atoms with E-state index in [1.807, 2.05) is 28.8 Å². The fourth-order valence-corrected chi connectivity index (χ4v) is 3.03. The number of hydrogen-bond acceptors (Lipinski definition) is 4. The van der Waals surface area contributed by atoms with E-state index in [9.17, 15) is 9.59 Å². The van der Waals surface area contributed by atoms with Gasteiger partial charge >= 0.3 is 5.69 Å². The second kappa shape index (κ2) is 7.42. The van der Waals surface area contributed by atoms with Crippen LogP contribution in [0.4, 0.5) is 0 Å². The van der Waals surface area contributed by atoms with Gasteiger partial charge in [-0.3, -0.25) is 9.36 Å². The smallest absolute Gasteiger partial charge is 0.322 e. The van der Waals surface area contributed by atoms with Gasteiger partial charge in [0.2, 0.25) is 0 Å². The van der Waals surface area contributed by atoms with Crippen molar-refractivity contribution in [3.8, 4) is 11.5 Å². The maximum absolute atomic E-state index is 12.7. The Morgan fingerprint density at radius 3 is 2.64 bits per heavy atom. The fraction of sp³-hybridized carbons (Fsp3) is 0.368. The summed E-state index contributed by atoms with van der Waals surface area (Å²) in [6.45, 7) is 6.59. The Balaban J connectivity index is 2.24. The molecule has 1 aromatic rings. The molecule has 0 amide bonds. The Morgan fingerprint density at radius 1 is 1.08 bits per heavy atom. The average Bonchev–Trinajstić information content (AvgIpc) is 2.62. The minimum atomic E-state index is -0.559. The van der Waals surface area contributed by atoms with E-state index in [2.05, 4.69) is 23.5 Å². The number of nitrogens with zero attached hydrogens (tertiary/aromatic N) is 4. The molecule has 0 spiro atoms. The molecule has 0 radical (unpaired) electrons. The van der Waals surface area contributed by atoms with Crippen molar-refractivity contribution in [2.24, 2.45) is 0 Å². The van der Waals surface area contributed by atoms with Crippen LogP contribution < -0.4 is 11.2 Å². The number of allylic oxidation sites excluding steroid dienone is 1. The van der Waals surface area contributed by atoms with Crippen molar-refractivity contribution in [3.05, 3.63) is 57.8 Å². The standard InChI is InChI=1S/C19H22N4O2/c1-3-5-6-9-13-22-15-11-8-7-10-14(15)20-16-17(22)21-19(25)23(12-4-2)18(16)24/h4,7-8,10-11H,2-3,5-6,9,12-13H2,1H3. The summed E-state index contributed by atoms with van der Waals surface area (Å²) in [6, 6.07) is 7.64. The van der Waals surface area contributed by atoms with Crippen LogP contribution in [0.15, 0.2) is 46.5 Å². The van der Waals surface area contributed by atoms with E-state index in [0.29, 0.717) is 12.4 Å². The molecule has 0 N–H and O–H groups in total. The molecule has 2 aliphatic heterocycles. The molecule has 0 saturated carbocycles. The Labute approximate surface area is 145 Å². The molecule has 130 valence electrons. The van der Waals surface area contributed by atoms with Gasteiger partial charge in [-0.1, -0.05) is 44.4 Å². The Bertz CT molecular complexity index is 987. The van der Waals surface area contributed by atoms with E-state index < -0.39 is 11.2 Å². The van der Waals surface area contributed by atoms with Crippen LogP contribution in [0.5, 0.6) is 0 Å². The molecule has 0 bridgehead atoms. The first-order valence-corrected chi connectivity index (χ1v) is 8.68. The first-order valence-electron chi connectivity index (χ1n) is 8.68. The van der Waals surface area contributed by atoms with E-state index in [0.717, 1.165) is 41.3 Å². The van der Waals surface area contributed by atoms with Crippen LogP contribution >= 0.6 is 0 Å². The third-order valence-electron chi connectivity index (χ3n) is 4.30. The molecule has 0 unspecified atom stereocenters. The molecule has 25 heavy (non-hydrogen) atoms. The Morgan fingerprint density at radius 2 is 1.88 bits per heavy atom. The van der Waals surface area contributed by atoms with Gasteiger partial charge in [-0.2, -0.15) is 4.98 Å². The summed E-state index contributed by atoms with van der Waals surface area (Å²) in [7, 11) is 0. The number of benzene rings is 1. The van der Waals surface area contributed by atoms with Gasteiger partial charge in [-0.25, -0.2) is 9.78 Å². The lowest BCUT2D eigenvalue weighted by molar-refractivity contribution is 0.584. The fourth-order valence-electron chi connectivity index (χ4n) is 3.03. The molecule has 0 atom stereocenters. The van der Waals surface area contributed by atoms with Crippen molar-refractivity contribution in [1.82, 2.24) is 19.1 Å². The number of unbranched alkanes of at least 4 members (excludes halogenated alkanes) is 3. The van der Waals surface area contributed by atoms with Gasteiger partial charge in [0.05, 0.1) is 11.0 Å². The molecule has 2 heterocycles. The highest BCUT2D eigenvalue weighted by atomic mass is 16.2. The molecule has 2 aliphatic rings. The van der Waals surface area contributed by atoms with Crippen LogP contribution in [0.25, 0.3) is 22.6 Å². The molecule has 6 heteroatoms. The third-order valence-corrected chi connectivity index (χ3v) is 4.30. The van der Waals surface area contributed by atoms with Crippen LogP contribution in [-0.4, -0.2) is 19.1 Å². The monoisotopic (exact) mass is 338 g/mol. The summed E-state index contributed by atoms with van der Waals surface area (Å²) in [5.74, 6) is 0.366. The highest BCUT2D eigenvalue weighted by Crippen LogP contribution is 2.21. The maximum Gasteiger partial charge on any atom is 0.352 e. The lowest BCUT2D eigenvalue weighted by Crippen LogP contribution is -2.38. The van der Waals surface area contributed by atoms with Gasteiger partial charge in [-0.05, 0) is 18.6 Å². The lowest BCUT2D eigenvalue weighted by Gasteiger charge is -2.17. The zero-order valence-corrected chi connectivity index (χ0v) is 14.4. The molecule has 0 aliphatic carbocycles. The van der Waals surface area contributed by atoms with Crippen LogP contribution in [-0.2, 0) is 13.1 Å². The van der Waals surface area contributed by atoms with Gasteiger partial charge in [0.1, 0.15) is 0 Å².